The van der Waals surface area contributed by atoms with Gasteiger partial charge in [0, 0.05) is 10.7 Å². The summed E-state index contributed by atoms with van der Waals surface area (Å²) in [5, 5.41) is 2.98. The zero-order valence-electron chi connectivity index (χ0n) is 10.5. The van der Waals surface area contributed by atoms with Gasteiger partial charge < -0.3 is 11.1 Å². The van der Waals surface area contributed by atoms with E-state index >= 15 is 0 Å². The maximum atomic E-state index is 12.0. The van der Waals surface area contributed by atoms with Crippen molar-refractivity contribution in [1.29, 1.82) is 0 Å². The molecule has 7 heteroatoms. The Labute approximate surface area is 154 Å². The second kappa shape index (κ2) is 8.95. The molecule has 0 atom stereocenters. The predicted octanol–water partition coefficient (Wildman–Crippen LogP) is 2.72. The summed E-state index contributed by atoms with van der Waals surface area (Å²) in [4.78, 5) is 14.0. The van der Waals surface area contributed by atoms with Crippen LogP contribution in [-0.2, 0) is 4.79 Å². The van der Waals surface area contributed by atoms with Crippen LogP contribution in [0.1, 0.15) is 6.42 Å². The van der Waals surface area contributed by atoms with Gasteiger partial charge in [-0.3, -0.25) is 9.69 Å². The van der Waals surface area contributed by atoms with Crippen molar-refractivity contribution < 1.29 is 4.79 Å². The number of carbonyl (C=O) groups is 1. The molecule has 0 saturated carbocycles. The molecule has 0 saturated heterocycles. The Morgan fingerprint density at radius 2 is 1.89 bits per heavy atom. The average molecular weight is 599 g/mol. The lowest BCUT2D eigenvalue weighted by molar-refractivity contribution is -0.117. The van der Waals surface area contributed by atoms with Gasteiger partial charge in [0.25, 0.3) is 0 Å². The highest BCUT2D eigenvalue weighted by Gasteiger charge is 2.11. The fourth-order valence-corrected chi connectivity index (χ4v) is 5.38. The number of nitrogens with zero attached hydrogens (tertiary/aromatic N) is 1. The molecule has 3 N–H and O–H groups in total. The van der Waals surface area contributed by atoms with E-state index in [1.165, 1.54) is 3.57 Å². The monoisotopic (exact) mass is 599 g/mol. The van der Waals surface area contributed by atoms with Gasteiger partial charge in [-0.15, -0.1) is 0 Å². The zero-order chi connectivity index (χ0) is 14.4. The summed E-state index contributed by atoms with van der Waals surface area (Å²) in [6.45, 7) is 1.88. The zero-order valence-corrected chi connectivity index (χ0v) is 17.0. The first-order valence-corrected chi connectivity index (χ1v) is 9.00. The van der Waals surface area contributed by atoms with E-state index < -0.39 is 0 Å². The number of anilines is 1. The number of carbonyl (C=O) groups excluding carboxylic acids is 1. The Bertz CT molecular complexity index is 431. The summed E-state index contributed by atoms with van der Waals surface area (Å²) in [6.07, 6.45) is 0.905. The largest absolute Gasteiger partial charge is 0.330 e. The molecular formula is C12H16I3N3O. The van der Waals surface area contributed by atoms with Crippen LogP contribution < -0.4 is 11.1 Å². The number of nitrogens with one attached hydrogen (secondary N) is 1. The Morgan fingerprint density at radius 1 is 1.32 bits per heavy atom. The van der Waals surface area contributed by atoms with Crippen molar-refractivity contribution in [2.24, 2.45) is 5.73 Å². The number of hydrogen-bond acceptors (Lipinski definition) is 3. The van der Waals surface area contributed by atoms with Crippen molar-refractivity contribution in [2.75, 3.05) is 32.0 Å². The smallest absolute Gasteiger partial charge is 0.238 e. The number of benzene rings is 1. The number of likely N-dealkylation sites (N-methyl/N-ethyl adjacent to an activating group) is 1. The topological polar surface area (TPSA) is 58.4 Å². The van der Waals surface area contributed by atoms with E-state index in [9.17, 15) is 4.79 Å². The molecule has 1 aromatic rings. The lowest BCUT2D eigenvalue weighted by Crippen LogP contribution is -2.32. The Hall–Kier alpha value is 0.800. The fourth-order valence-electron chi connectivity index (χ4n) is 1.53. The molecule has 0 bridgehead atoms. The normalized spacial score (nSPS) is 10.8. The second-order valence-corrected chi connectivity index (χ2v) is 7.74. The van der Waals surface area contributed by atoms with Crippen LogP contribution >= 0.6 is 67.8 Å². The van der Waals surface area contributed by atoms with Crippen molar-refractivity contribution in [3.63, 3.8) is 0 Å². The minimum Gasteiger partial charge on any atom is -0.330 e. The van der Waals surface area contributed by atoms with E-state index in [0.29, 0.717) is 13.1 Å². The highest BCUT2D eigenvalue weighted by molar-refractivity contribution is 14.1. The molecule has 1 aromatic carbocycles. The van der Waals surface area contributed by atoms with Gasteiger partial charge in [-0.2, -0.15) is 0 Å². The van der Waals surface area contributed by atoms with E-state index in [1.54, 1.807) is 0 Å². The SMILES string of the molecule is CN(CCCN)CC(=O)Nc1c(I)cc(I)cc1I. The third-order valence-electron chi connectivity index (χ3n) is 2.43. The van der Waals surface area contributed by atoms with Crippen molar-refractivity contribution >= 4 is 79.4 Å². The first kappa shape index (κ1) is 17.9. The summed E-state index contributed by atoms with van der Waals surface area (Å²) in [6, 6.07) is 4.11. The van der Waals surface area contributed by atoms with Crippen LogP contribution in [0.2, 0.25) is 0 Å². The number of nitrogens with two attached hydrogens (primary N) is 1. The molecule has 4 nitrogen and oxygen atoms in total. The van der Waals surface area contributed by atoms with E-state index in [0.717, 1.165) is 25.8 Å². The summed E-state index contributed by atoms with van der Waals surface area (Å²) < 4.78 is 3.29. The quantitative estimate of drug-likeness (QED) is 0.496. The number of rotatable bonds is 6. The lowest BCUT2D eigenvalue weighted by Gasteiger charge is -2.16. The highest BCUT2D eigenvalue weighted by atomic mass is 127. The summed E-state index contributed by atoms with van der Waals surface area (Å²) in [5.74, 6) is 0.0107. The molecule has 0 spiro atoms. The van der Waals surface area contributed by atoms with Gasteiger partial charge in [0.15, 0.2) is 0 Å². The molecule has 1 amide bonds. The van der Waals surface area contributed by atoms with Crippen LogP contribution in [-0.4, -0.2) is 37.5 Å². The summed E-state index contributed by atoms with van der Waals surface area (Å²) in [7, 11) is 1.93. The van der Waals surface area contributed by atoms with Crippen LogP contribution in [0.25, 0.3) is 0 Å². The third kappa shape index (κ3) is 6.40. The number of halogens is 3. The molecule has 0 fully saturated rings. The van der Waals surface area contributed by atoms with Gasteiger partial charge in [0.05, 0.1) is 12.2 Å². The van der Waals surface area contributed by atoms with Crippen molar-refractivity contribution in [2.45, 2.75) is 6.42 Å². The van der Waals surface area contributed by atoms with Gasteiger partial charge in [-0.1, -0.05) is 0 Å². The Morgan fingerprint density at radius 3 is 2.42 bits per heavy atom. The summed E-state index contributed by atoms with van der Waals surface area (Å²) >= 11 is 6.77. The first-order chi connectivity index (χ1) is 8.93. The number of hydrogen-bond donors (Lipinski definition) is 2. The standard InChI is InChI=1S/C12H16I3N3O/c1-18(4-2-3-16)7-11(19)17-12-9(14)5-8(13)6-10(12)15/h5-6H,2-4,7,16H2,1H3,(H,17,19). The lowest BCUT2D eigenvalue weighted by atomic mass is 10.3. The van der Waals surface area contributed by atoms with E-state index in [4.69, 9.17) is 5.73 Å². The van der Waals surface area contributed by atoms with Crippen LogP contribution in [0, 0.1) is 10.7 Å². The molecule has 0 aliphatic rings. The molecule has 1 rings (SSSR count). The highest BCUT2D eigenvalue weighted by Crippen LogP contribution is 2.27. The molecule has 0 radical (unpaired) electrons. The molecule has 0 unspecified atom stereocenters. The maximum Gasteiger partial charge on any atom is 0.238 e. The molecule has 0 aliphatic heterocycles. The van der Waals surface area contributed by atoms with Crippen LogP contribution in [0.4, 0.5) is 5.69 Å². The molecule has 106 valence electrons. The van der Waals surface area contributed by atoms with Crippen molar-refractivity contribution in [3.05, 3.63) is 22.8 Å². The molecule has 0 heterocycles. The second-order valence-electron chi connectivity index (χ2n) is 4.17. The molecular weight excluding hydrogens is 583 g/mol. The van der Waals surface area contributed by atoms with Gasteiger partial charge in [0.2, 0.25) is 5.91 Å². The van der Waals surface area contributed by atoms with Crippen LogP contribution in [0.3, 0.4) is 0 Å². The van der Waals surface area contributed by atoms with E-state index in [2.05, 4.69) is 85.2 Å². The average Bonchev–Trinajstić information content (AvgIpc) is 2.31. The first-order valence-electron chi connectivity index (χ1n) is 5.77. The van der Waals surface area contributed by atoms with Gasteiger partial charge in [-0.25, -0.2) is 0 Å². The molecule has 19 heavy (non-hydrogen) atoms. The minimum atomic E-state index is 0.0107. The Kier molecular flexibility index (Phi) is 8.41. The van der Waals surface area contributed by atoms with Crippen LogP contribution in [0.5, 0.6) is 0 Å². The van der Waals surface area contributed by atoms with Gasteiger partial charge in [0.1, 0.15) is 0 Å². The number of amides is 1. The maximum absolute atomic E-state index is 12.0. The Balaban J connectivity index is 2.62. The van der Waals surface area contributed by atoms with Crippen molar-refractivity contribution in [1.82, 2.24) is 4.90 Å². The van der Waals surface area contributed by atoms with E-state index in [-0.39, 0.29) is 5.91 Å². The minimum absolute atomic E-state index is 0.0107. The van der Waals surface area contributed by atoms with E-state index in [1.807, 2.05) is 11.9 Å². The van der Waals surface area contributed by atoms with Gasteiger partial charge in [-0.05, 0) is 106 Å². The summed E-state index contributed by atoms with van der Waals surface area (Å²) in [5.41, 5.74) is 6.36. The van der Waals surface area contributed by atoms with Crippen LogP contribution in [0.15, 0.2) is 12.1 Å². The molecule has 0 aromatic heterocycles. The van der Waals surface area contributed by atoms with Gasteiger partial charge >= 0.3 is 0 Å². The fraction of sp³-hybridized carbons (Fsp3) is 0.417. The molecule has 0 aliphatic carbocycles. The predicted molar refractivity (Wildman–Crippen MR) is 104 cm³/mol. The van der Waals surface area contributed by atoms with Crippen molar-refractivity contribution in [3.8, 4) is 0 Å². The third-order valence-corrected chi connectivity index (χ3v) is 4.75.